The third-order valence-electron chi connectivity index (χ3n) is 4.77. The van der Waals surface area contributed by atoms with E-state index in [9.17, 15) is 19.7 Å². The first-order chi connectivity index (χ1) is 14.0. The number of hydrogen-bond acceptors (Lipinski definition) is 6. The zero-order chi connectivity index (χ0) is 20.6. The Balaban J connectivity index is 1.66. The summed E-state index contributed by atoms with van der Waals surface area (Å²) < 4.78 is 5.10. The molecule has 152 valence electrons. The average molecular weight is 397 g/mol. The van der Waals surface area contributed by atoms with Crippen molar-refractivity contribution >= 4 is 28.9 Å². The van der Waals surface area contributed by atoms with Crippen molar-refractivity contribution in [1.82, 2.24) is 4.90 Å². The Morgan fingerprint density at radius 3 is 2.38 bits per heavy atom. The van der Waals surface area contributed by atoms with Crippen LogP contribution in [0.15, 0.2) is 48.5 Å². The van der Waals surface area contributed by atoms with Gasteiger partial charge in [0.25, 0.3) is 11.6 Å². The fourth-order valence-corrected chi connectivity index (χ4v) is 3.21. The van der Waals surface area contributed by atoms with E-state index in [2.05, 4.69) is 5.32 Å². The molecule has 1 fully saturated rings. The van der Waals surface area contributed by atoms with Crippen LogP contribution in [0.2, 0.25) is 0 Å². The quantitative estimate of drug-likeness (QED) is 0.451. The van der Waals surface area contributed by atoms with Gasteiger partial charge in [0, 0.05) is 24.8 Å². The van der Waals surface area contributed by atoms with Crippen LogP contribution in [0.5, 0.6) is 0 Å². The lowest BCUT2D eigenvalue weighted by Gasteiger charge is -2.19. The number of nitro benzene ring substituents is 1. The van der Waals surface area contributed by atoms with Gasteiger partial charge in [0.15, 0.2) is 6.61 Å². The van der Waals surface area contributed by atoms with E-state index in [-0.39, 0.29) is 29.5 Å². The molecule has 1 aliphatic rings. The third-order valence-corrected chi connectivity index (χ3v) is 4.77. The minimum atomic E-state index is -0.762. The van der Waals surface area contributed by atoms with Crippen molar-refractivity contribution in [1.29, 1.82) is 0 Å². The molecule has 0 bridgehead atoms. The SMILES string of the molecule is O=C(OCC(=O)N1CCCCCC1)c1ccc(Nc2ccccc2)c([N+](=O)[O-])c1. The average Bonchev–Trinajstić information content (AvgIpc) is 3.02. The molecule has 1 saturated heterocycles. The Morgan fingerprint density at radius 1 is 1.03 bits per heavy atom. The molecule has 1 aliphatic heterocycles. The Labute approximate surface area is 168 Å². The van der Waals surface area contributed by atoms with E-state index in [1.165, 1.54) is 12.1 Å². The van der Waals surface area contributed by atoms with Crippen molar-refractivity contribution in [3.05, 3.63) is 64.2 Å². The van der Waals surface area contributed by atoms with E-state index in [1.54, 1.807) is 29.2 Å². The van der Waals surface area contributed by atoms with Gasteiger partial charge in [0.05, 0.1) is 10.5 Å². The van der Waals surface area contributed by atoms with Gasteiger partial charge in [0.1, 0.15) is 5.69 Å². The minimum Gasteiger partial charge on any atom is -0.452 e. The number of benzene rings is 2. The highest BCUT2D eigenvalue weighted by Crippen LogP contribution is 2.29. The van der Waals surface area contributed by atoms with Gasteiger partial charge in [-0.05, 0) is 37.1 Å². The van der Waals surface area contributed by atoms with Crippen LogP contribution in [0.4, 0.5) is 17.1 Å². The number of hydrogen-bond donors (Lipinski definition) is 1. The molecule has 1 amide bonds. The summed E-state index contributed by atoms with van der Waals surface area (Å²) in [6.07, 6.45) is 4.08. The number of amides is 1. The van der Waals surface area contributed by atoms with Crippen LogP contribution in [-0.2, 0) is 9.53 Å². The number of ether oxygens (including phenoxy) is 1. The molecule has 3 rings (SSSR count). The van der Waals surface area contributed by atoms with Crippen molar-refractivity contribution in [2.45, 2.75) is 25.7 Å². The first-order valence-electron chi connectivity index (χ1n) is 9.60. The van der Waals surface area contributed by atoms with Crippen LogP contribution in [0.3, 0.4) is 0 Å². The molecular formula is C21H23N3O5. The van der Waals surface area contributed by atoms with Gasteiger partial charge >= 0.3 is 5.97 Å². The topological polar surface area (TPSA) is 102 Å². The van der Waals surface area contributed by atoms with Gasteiger partial charge in [-0.1, -0.05) is 31.0 Å². The molecule has 0 unspecified atom stereocenters. The maximum atomic E-state index is 12.3. The van der Waals surface area contributed by atoms with E-state index in [0.29, 0.717) is 18.8 Å². The second-order valence-electron chi connectivity index (χ2n) is 6.85. The van der Waals surface area contributed by atoms with Crippen molar-refractivity contribution in [3.8, 4) is 0 Å². The molecule has 0 radical (unpaired) electrons. The predicted molar refractivity (Wildman–Crippen MR) is 108 cm³/mol. The molecule has 1 N–H and O–H groups in total. The summed E-state index contributed by atoms with van der Waals surface area (Å²) in [5.41, 5.74) is 0.730. The number of carbonyl (C=O) groups excluding carboxylic acids is 2. The lowest BCUT2D eigenvalue weighted by molar-refractivity contribution is -0.383. The monoisotopic (exact) mass is 397 g/mol. The molecule has 29 heavy (non-hydrogen) atoms. The van der Waals surface area contributed by atoms with Crippen molar-refractivity contribution in [2.75, 3.05) is 25.0 Å². The van der Waals surface area contributed by atoms with E-state index in [1.807, 2.05) is 6.07 Å². The Hall–Kier alpha value is -3.42. The lowest BCUT2D eigenvalue weighted by Crippen LogP contribution is -2.35. The minimum absolute atomic E-state index is 0.0268. The smallest absolute Gasteiger partial charge is 0.338 e. The van der Waals surface area contributed by atoms with Gasteiger partial charge in [-0.25, -0.2) is 4.79 Å². The standard InChI is InChI=1S/C21H23N3O5/c25-20(23-12-6-1-2-7-13-23)15-29-21(26)16-10-11-18(19(14-16)24(27)28)22-17-8-4-3-5-9-17/h3-5,8-11,14,22H,1-2,6-7,12-13,15H2. The molecule has 1 heterocycles. The molecular weight excluding hydrogens is 374 g/mol. The van der Waals surface area contributed by atoms with Crippen LogP contribution in [-0.4, -0.2) is 41.4 Å². The summed E-state index contributed by atoms with van der Waals surface area (Å²) >= 11 is 0. The highest BCUT2D eigenvalue weighted by atomic mass is 16.6. The maximum absolute atomic E-state index is 12.3. The highest BCUT2D eigenvalue weighted by molar-refractivity contribution is 5.93. The molecule has 0 aliphatic carbocycles. The summed E-state index contributed by atoms with van der Waals surface area (Å²) in [7, 11) is 0. The van der Waals surface area contributed by atoms with Crippen molar-refractivity contribution in [3.63, 3.8) is 0 Å². The van der Waals surface area contributed by atoms with Crippen LogP contribution >= 0.6 is 0 Å². The normalized spacial score (nSPS) is 14.0. The number of nitro groups is 1. The van der Waals surface area contributed by atoms with Crippen LogP contribution in [0.1, 0.15) is 36.0 Å². The maximum Gasteiger partial charge on any atom is 0.338 e. The molecule has 8 heteroatoms. The summed E-state index contributed by atoms with van der Waals surface area (Å²) in [4.78, 5) is 37.1. The van der Waals surface area contributed by atoms with E-state index < -0.39 is 10.9 Å². The fraction of sp³-hybridized carbons (Fsp3) is 0.333. The fourth-order valence-electron chi connectivity index (χ4n) is 3.21. The number of para-hydroxylation sites is 1. The van der Waals surface area contributed by atoms with Crippen molar-refractivity contribution < 1.29 is 19.2 Å². The zero-order valence-electron chi connectivity index (χ0n) is 16.0. The summed E-state index contributed by atoms with van der Waals surface area (Å²) in [6.45, 7) is 0.972. The van der Waals surface area contributed by atoms with Gasteiger partial charge in [-0.15, -0.1) is 0 Å². The summed E-state index contributed by atoms with van der Waals surface area (Å²) in [5, 5.41) is 14.4. The number of nitrogens with zero attached hydrogens (tertiary/aromatic N) is 2. The number of nitrogens with one attached hydrogen (secondary N) is 1. The van der Waals surface area contributed by atoms with Crippen LogP contribution in [0.25, 0.3) is 0 Å². The molecule has 0 saturated carbocycles. The van der Waals surface area contributed by atoms with E-state index >= 15 is 0 Å². The second-order valence-corrected chi connectivity index (χ2v) is 6.85. The molecule has 2 aromatic rings. The number of carbonyl (C=O) groups is 2. The molecule has 0 aromatic heterocycles. The Kier molecular flexibility index (Phi) is 6.78. The van der Waals surface area contributed by atoms with Crippen molar-refractivity contribution in [2.24, 2.45) is 0 Å². The second kappa shape index (κ2) is 9.68. The van der Waals surface area contributed by atoms with Gasteiger partial charge in [-0.3, -0.25) is 14.9 Å². The summed E-state index contributed by atoms with van der Waals surface area (Å²) in [5.74, 6) is -1.00. The molecule has 0 spiro atoms. The highest BCUT2D eigenvalue weighted by Gasteiger charge is 2.21. The predicted octanol–water partition coefficient (Wildman–Crippen LogP) is 3.90. The molecule has 0 atom stereocenters. The van der Waals surface area contributed by atoms with Gasteiger partial charge in [0.2, 0.25) is 0 Å². The number of likely N-dealkylation sites (tertiary alicyclic amines) is 1. The first kappa shape index (κ1) is 20.3. The number of esters is 1. The van der Waals surface area contributed by atoms with Gasteiger partial charge in [-0.2, -0.15) is 0 Å². The zero-order valence-corrected chi connectivity index (χ0v) is 16.0. The Bertz CT molecular complexity index is 877. The lowest BCUT2D eigenvalue weighted by atomic mass is 10.1. The molecule has 2 aromatic carbocycles. The summed E-state index contributed by atoms with van der Waals surface area (Å²) in [6, 6.07) is 13.1. The third kappa shape index (κ3) is 5.54. The van der Waals surface area contributed by atoms with E-state index in [4.69, 9.17) is 4.74 Å². The largest absolute Gasteiger partial charge is 0.452 e. The van der Waals surface area contributed by atoms with Crippen LogP contribution < -0.4 is 5.32 Å². The van der Waals surface area contributed by atoms with Gasteiger partial charge < -0.3 is 15.0 Å². The number of rotatable bonds is 6. The van der Waals surface area contributed by atoms with Crippen LogP contribution in [0, 0.1) is 10.1 Å². The first-order valence-corrected chi connectivity index (χ1v) is 9.60. The van der Waals surface area contributed by atoms with E-state index in [0.717, 1.165) is 31.7 Å². The number of anilines is 2. The molecule has 8 nitrogen and oxygen atoms in total. The Morgan fingerprint density at radius 2 is 1.72 bits per heavy atom.